The van der Waals surface area contributed by atoms with E-state index in [2.05, 4.69) is 0 Å². The van der Waals surface area contributed by atoms with E-state index in [-0.39, 0.29) is 5.56 Å². The number of thioether (sulfide) groups is 1. The van der Waals surface area contributed by atoms with Gasteiger partial charge in [0.05, 0.1) is 12.2 Å². The Kier molecular flexibility index (Phi) is 5.86. The van der Waals surface area contributed by atoms with Crippen molar-refractivity contribution in [2.24, 2.45) is 0 Å². The van der Waals surface area contributed by atoms with E-state index >= 15 is 0 Å². The number of rotatable bonds is 7. The van der Waals surface area contributed by atoms with Crippen LogP contribution in [-0.4, -0.2) is 37.2 Å². The largest absolute Gasteiger partial charge is 0.490 e. The number of hydrogen-bond acceptors (Lipinski definition) is 4. The summed E-state index contributed by atoms with van der Waals surface area (Å²) in [5.41, 5.74) is 0.231. The molecule has 0 saturated carbocycles. The van der Waals surface area contributed by atoms with Crippen LogP contribution < -0.4 is 4.74 Å². The summed E-state index contributed by atoms with van der Waals surface area (Å²) < 4.78 is 10.7. The topological polar surface area (TPSA) is 55.8 Å². The van der Waals surface area contributed by atoms with Gasteiger partial charge in [0.25, 0.3) is 0 Å². The number of carbonyl (C=O) groups is 1. The molecule has 94 valence electrons. The second kappa shape index (κ2) is 7.19. The Morgan fingerprint density at radius 2 is 2.18 bits per heavy atom. The lowest BCUT2D eigenvalue weighted by molar-refractivity contribution is 0.0696. The van der Waals surface area contributed by atoms with Crippen molar-refractivity contribution in [3.63, 3.8) is 0 Å². The first-order valence-corrected chi connectivity index (χ1v) is 6.53. The van der Waals surface area contributed by atoms with Crippen LogP contribution in [0.4, 0.5) is 0 Å². The third-order valence-corrected chi connectivity index (χ3v) is 2.88. The standard InChI is InChI=1S/C12H16O4S/c1-3-15-6-7-16-10-8-9(12(13)14)4-5-11(10)17-2/h4-5,8H,3,6-7H2,1-2H3,(H,13,14). The predicted molar refractivity (Wildman–Crippen MR) is 67.2 cm³/mol. The van der Waals surface area contributed by atoms with Gasteiger partial charge < -0.3 is 14.6 Å². The van der Waals surface area contributed by atoms with Crippen molar-refractivity contribution < 1.29 is 19.4 Å². The molecule has 0 fully saturated rings. The van der Waals surface area contributed by atoms with Gasteiger partial charge >= 0.3 is 5.97 Å². The number of ether oxygens (including phenoxy) is 2. The zero-order valence-corrected chi connectivity index (χ0v) is 10.8. The minimum atomic E-state index is -0.952. The van der Waals surface area contributed by atoms with Crippen molar-refractivity contribution in [3.05, 3.63) is 23.8 Å². The summed E-state index contributed by atoms with van der Waals surface area (Å²) in [6.45, 7) is 3.48. The maximum absolute atomic E-state index is 10.8. The highest BCUT2D eigenvalue weighted by Crippen LogP contribution is 2.28. The Morgan fingerprint density at radius 3 is 2.76 bits per heavy atom. The summed E-state index contributed by atoms with van der Waals surface area (Å²) in [4.78, 5) is 11.8. The highest BCUT2D eigenvalue weighted by atomic mass is 32.2. The van der Waals surface area contributed by atoms with Crippen molar-refractivity contribution >= 4 is 17.7 Å². The number of carboxylic acid groups (broad SMARTS) is 1. The van der Waals surface area contributed by atoms with Crippen molar-refractivity contribution in [1.82, 2.24) is 0 Å². The zero-order valence-electron chi connectivity index (χ0n) is 9.93. The van der Waals surface area contributed by atoms with E-state index in [1.54, 1.807) is 18.2 Å². The molecule has 0 saturated heterocycles. The van der Waals surface area contributed by atoms with Gasteiger partial charge in [-0.15, -0.1) is 11.8 Å². The van der Waals surface area contributed by atoms with E-state index in [9.17, 15) is 4.79 Å². The van der Waals surface area contributed by atoms with Gasteiger partial charge in [0.2, 0.25) is 0 Å². The molecule has 0 aliphatic carbocycles. The van der Waals surface area contributed by atoms with Gasteiger partial charge in [0.1, 0.15) is 12.4 Å². The normalized spacial score (nSPS) is 10.2. The Morgan fingerprint density at radius 1 is 1.41 bits per heavy atom. The van der Waals surface area contributed by atoms with Crippen molar-refractivity contribution in [2.75, 3.05) is 26.1 Å². The van der Waals surface area contributed by atoms with Gasteiger partial charge in [0.15, 0.2) is 0 Å². The Bertz CT molecular complexity index is 379. The molecule has 1 N–H and O–H groups in total. The van der Waals surface area contributed by atoms with E-state index in [0.29, 0.717) is 25.6 Å². The van der Waals surface area contributed by atoms with Gasteiger partial charge in [-0.25, -0.2) is 4.79 Å². The predicted octanol–water partition coefficient (Wildman–Crippen LogP) is 2.52. The molecule has 17 heavy (non-hydrogen) atoms. The van der Waals surface area contributed by atoms with Crippen LogP contribution in [0.15, 0.2) is 23.1 Å². The average Bonchev–Trinajstić information content (AvgIpc) is 2.34. The molecular weight excluding hydrogens is 240 g/mol. The Labute approximate surface area is 105 Å². The van der Waals surface area contributed by atoms with Gasteiger partial charge in [-0.1, -0.05) is 0 Å². The smallest absolute Gasteiger partial charge is 0.335 e. The van der Waals surface area contributed by atoms with Gasteiger partial charge in [-0.2, -0.15) is 0 Å². The highest BCUT2D eigenvalue weighted by Gasteiger charge is 2.08. The molecule has 0 spiro atoms. The van der Waals surface area contributed by atoms with E-state index in [4.69, 9.17) is 14.6 Å². The van der Waals surface area contributed by atoms with Crippen LogP contribution >= 0.6 is 11.8 Å². The number of hydrogen-bond donors (Lipinski definition) is 1. The molecule has 0 amide bonds. The molecule has 5 heteroatoms. The lowest BCUT2D eigenvalue weighted by atomic mass is 10.2. The fourth-order valence-corrected chi connectivity index (χ4v) is 1.80. The van der Waals surface area contributed by atoms with Crippen LogP contribution in [0.1, 0.15) is 17.3 Å². The number of aromatic carboxylic acids is 1. The highest BCUT2D eigenvalue weighted by molar-refractivity contribution is 7.98. The van der Waals surface area contributed by atoms with Crippen molar-refractivity contribution in [2.45, 2.75) is 11.8 Å². The summed E-state index contributed by atoms with van der Waals surface area (Å²) in [5, 5.41) is 8.90. The molecule has 0 unspecified atom stereocenters. The van der Waals surface area contributed by atoms with Crippen LogP contribution in [0, 0.1) is 0 Å². The van der Waals surface area contributed by atoms with E-state index in [0.717, 1.165) is 4.90 Å². The minimum Gasteiger partial charge on any atom is -0.490 e. The SMILES string of the molecule is CCOCCOc1cc(C(=O)O)ccc1SC. The second-order valence-corrected chi connectivity index (χ2v) is 4.06. The van der Waals surface area contributed by atoms with E-state index < -0.39 is 5.97 Å². The molecule has 0 bridgehead atoms. The molecular formula is C12H16O4S. The maximum atomic E-state index is 10.8. The molecule has 0 radical (unpaired) electrons. The number of benzene rings is 1. The van der Waals surface area contributed by atoms with E-state index in [1.807, 2.05) is 13.2 Å². The third-order valence-electron chi connectivity index (χ3n) is 2.10. The fraction of sp³-hybridized carbons (Fsp3) is 0.417. The Balaban J connectivity index is 2.72. The van der Waals surface area contributed by atoms with Crippen LogP contribution in [-0.2, 0) is 4.74 Å². The molecule has 0 aliphatic heterocycles. The first kappa shape index (κ1) is 13.9. The van der Waals surface area contributed by atoms with Gasteiger partial charge in [-0.3, -0.25) is 0 Å². The molecule has 0 aromatic heterocycles. The quantitative estimate of drug-likeness (QED) is 0.600. The molecule has 1 aromatic rings. The molecule has 1 aromatic carbocycles. The van der Waals surface area contributed by atoms with Gasteiger partial charge in [0, 0.05) is 11.5 Å². The first-order valence-electron chi connectivity index (χ1n) is 5.31. The van der Waals surface area contributed by atoms with Crippen LogP contribution in [0.5, 0.6) is 5.75 Å². The second-order valence-electron chi connectivity index (χ2n) is 3.22. The monoisotopic (exact) mass is 256 g/mol. The maximum Gasteiger partial charge on any atom is 0.335 e. The summed E-state index contributed by atoms with van der Waals surface area (Å²) in [7, 11) is 0. The van der Waals surface area contributed by atoms with Crippen LogP contribution in [0.25, 0.3) is 0 Å². The fourth-order valence-electron chi connectivity index (χ4n) is 1.28. The average molecular weight is 256 g/mol. The Hall–Kier alpha value is -1.20. The summed E-state index contributed by atoms with van der Waals surface area (Å²) in [6.07, 6.45) is 1.92. The molecule has 1 rings (SSSR count). The number of carboxylic acids is 1. The lowest BCUT2D eigenvalue weighted by Crippen LogP contribution is -2.07. The van der Waals surface area contributed by atoms with Crippen LogP contribution in [0.3, 0.4) is 0 Å². The summed E-state index contributed by atoms with van der Waals surface area (Å²) in [5.74, 6) is -0.357. The first-order chi connectivity index (χ1) is 8.19. The van der Waals surface area contributed by atoms with Gasteiger partial charge in [-0.05, 0) is 31.4 Å². The molecule has 4 nitrogen and oxygen atoms in total. The van der Waals surface area contributed by atoms with Crippen LogP contribution in [0.2, 0.25) is 0 Å². The minimum absolute atomic E-state index is 0.231. The lowest BCUT2D eigenvalue weighted by Gasteiger charge is -2.10. The third kappa shape index (κ3) is 4.28. The summed E-state index contributed by atoms with van der Waals surface area (Å²) >= 11 is 1.52. The van der Waals surface area contributed by atoms with Crippen molar-refractivity contribution in [3.8, 4) is 5.75 Å². The zero-order chi connectivity index (χ0) is 12.7. The van der Waals surface area contributed by atoms with E-state index in [1.165, 1.54) is 11.8 Å². The molecule has 0 aliphatic rings. The molecule has 0 heterocycles. The molecule has 0 atom stereocenters. The summed E-state index contributed by atoms with van der Waals surface area (Å²) in [6, 6.07) is 4.87. The van der Waals surface area contributed by atoms with Crippen molar-refractivity contribution in [1.29, 1.82) is 0 Å².